The molecule has 1 N–H and O–H groups in total. The molecule has 3 fully saturated rings. The standard InChI is InChI=1S/C15H16Br2N6O/c16-10-5-11(17)23-12(10)13(19-8-20-23)21-14-18-6-15(24-14)7-22-3-1-9(15)2-4-22/h5,8-9H,1-4,6-7H2,(H,18,19,20,21)/t15-/m0/s1. The molecule has 7 nitrogen and oxygen atoms in total. The molecule has 0 aliphatic carbocycles. The SMILES string of the molecule is Brc1cc(Br)n2ncnc(NC3=NC[C@@]4(CN5CCC4CC5)O3)c12. The Bertz CT molecular complexity index is 844. The Kier molecular flexibility index (Phi) is 3.40. The fourth-order valence-electron chi connectivity index (χ4n) is 4.10. The largest absolute Gasteiger partial charge is 0.455 e. The van der Waals surface area contributed by atoms with E-state index in [1.54, 1.807) is 4.52 Å². The Balaban J connectivity index is 1.42. The number of rotatable bonds is 1. The molecule has 6 rings (SSSR count). The van der Waals surface area contributed by atoms with Gasteiger partial charge >= 0.3 is 0 Å². The van der Waals surface area contributed by atoms with E-state index in [2.05, 4.69) is 57.2 Å². The predicted octanol–water partition coefficient (Wildman–Crippen LogP) is 2.52. The molecular formula is C15H16Br2N6O. The van der Waals surface area contributed by atoms with E-state index in [1.807, 2.05) is 6.07 Å². The van der Waals surface area contributed by atoms with E-state index in [0.29, 0.717) is 17.8 Å². The van der Waals surface area contributed by atoms with E-state index in [0.717, 1.165) is 27.7 Å². The normalized spacial score (nSPS) is 31.5. The number of nitrogens with zero attached hydrogens (tertiary/aromatic N) is 5. The summed E-state index contributed by atoms with van der Waals surface area (Å²) in [5, 5.41) is 7.51. The maximum Gasteiger partial charge on any atom is 0.291 e. The summed E-state index contributed by atoms with van der Waals surface area (Å²) >= 11 is 7.05. The maximum atomic E-state index is 6.32. The van der Waals surface area contributed by atoms with Gasteiger partial charge in [0.05, 0.1) is 6.54 Å². The minimum Gasteiger partial charge on any atom is -0.455 e. The number of amidine groups is 1. The molecule has 4 aliphatic heterocycles. The van der Waals surface area contributed by atoms with Crippen molar-refractivity contribution in [3.8, 4) is 0 Å². The third-order valence-electron chi connectivity index (χ3n) is 5.30. The number of aliphatic imine (C=N–C) groups is 1. The van der Waals surface area contributed by atoms with E-state index < -0.39 is 0 Å². The summed E-state index contributed by atoms with van der Waals surface area (Å²) in [7, 11) is 0. The first-order valence-electron chi connectivity index (χ1n) is 8.05. The van der Waals surface area contributed by atoms with Gasteiger partial charge in [-0.25, -0.2) is 14.5 Å². The number of ether oxygens (including phenoxy) is 1. The molecule has 6 heterocycles. The average Bonchev–Trinajstić information content (AvgIpc) is 3.11. The van der Waals surface area contributed by atoms with Gasteiger partial charge in [0.15, 0.2) is 5.82 Å². The van der Waals surface area contributed by atoms with Crippen LogP contribution >= 0.6 is 31.9 Å². The van der Waals surface area contributed by atoms with Crippen LogP contribution in [-0.4, -0.2) is 57.3 Å². The molecule has 4 aliphatic rings. The predicted molar refractivity (Wildman–Crippen MR) is 97.3 cm³/mol. The van der Waals surface area contributed by atoms with Crippen LogP contribution in [0.2, 0.25) is 0 Å². The second-order valence-electron chi connectivity index (χ2n) is 6.65. The van der Waals surface area contributed by atoms with Crippen LogP contribution in [0.25, 0.3) is 5.52 Å². The number of aromatic nitrogens is 3. The average molecular weight is 456 g/mol. The summed E-state index contributed by atoms with van der Waals surface area (Å²) in [4.78, 5) is 11.5. The molecular weight excluding hydrogens is 440 g/mol. The van der Waals surface area contributed by atoms with E-state index in [-0.39, 0.29) is 5.60 Å². The molecule has 1 atom stereocenters. The van der Waals surface area contributed by atoms with Crippen molar-refractivity contribution >= 4 is 49.2 Å². The maximum absolute atomic E-state index is 6.32. The van der Waals surface area contributed by atoms with Gasteiger partial charge < -0.3 is 4.74 Å². The third kappa shape index (κ3) is 2.21. The van der Waals surface area contributed by atoms with Crippen LogP contribution in [0.3, 0.4) is 0 Å². The lowest BCUT2D eigenvalue weighted by Gasteiger charge is -2.50. The van der Waals surface area contributed by atoms with Crippen molar-refractivity contribution in [2.45, 2.75) is 18.4 Å². The number of hydrogen-bond acceptors (Lipinski definition) is 6. The molecule has 0 unspecified atom stereocenters. The first-order valence-corrected chi connectivity index (χ1v) is 9.64. The lowest BCUT2D eigenvalue weighted by molar-refractivity contribution is -0.0829. The molecule has 2 aromatic heterocycles. The van der Waals surface area contributed by atoms with Crippen LogP contribution in [0.15, 0.2) is 26.5 Å². The van der Waals surface area contributed by atoms with Gasteiger partial charge in [-0.2, -0.15) is 5.10 Å². The lowest BCUT2D eigenvalue weighted by Crippen LogP contribution is -2.61. The van der Waals surface area contributed by atoms with Crippen molar-refractivity contribution in [2.75, 3.05) is 31.5 Å². The van der Waals surface area contributed by atoms with Crippen molar-refractivity contribution < 1.29 is 4.74 Å². The highest BCUT2D eigenvalue weighted by molar-refractivity contribution is 9.11. The highest BCUT2D eigenvalue weighted by atomic mass is 79.9. The molecule has 3 saturated heterocycles. The Hall–Kier alpha value is -1.19. The van der Waals surface area contributed by atoms with Crippen LogP contribution < -0.4 is 5.32 Å². The Morgan fingerprint density at radius 3 is 2.88 bits per heavy atom. The van der Waals surface area contributed by atoms with E-state index in [9.17, 15) is 0 Å². The molecule has 126 valence electrons. The highest BCUT2D eigenvalue weighted by Gasteiger charge is 2.51. The van der Waals surface area contributed by atoms with Gasteiger partial charge in [0, 0.05) is 16.9 Å². The minimum atomic E-state index is -0.151. The Morgan fingerprint density at radius 2 is 2.12 bits per heavy atom. The number of nitrogens with one attached hydrogen (secondary N) is 1. The smallest absolute Gasteiger partial charge is 0.291 e. The van der Waals surface area contributed by atoms with Crippen molar-refractivity contribution in [2.24, 2.45) is 10.9 Å². The summed E-state index contributed by atoms with van der Waals surface area (Å²) < 4.78 is 9.87. The molecule has 9 heteroatoms. The van der Waals surface area contributed by atoms with E-state index >= 15 is 0 Å². The Labute approximate surface area is 155 Å². The highest BCUT2D eigenvalue weighted by Crippen LogP contribution is 2.41. The van der Waals surface area contributed by atoms with Crippen molar-refractivity contribution in [1.82, 2.24) is 19.5 Å². The molecule has 2 bridgehead atoms. The molecule has 1 spiro atoms. The van der Waals surface area contributed by atoms with Gasteiger partial charge in [-0.1, -0.05) is 0 Å². The van der Waals surface area contributed by atoms with Gasteiger partial charge in [0.1, 0.15) is 22.0 Å². The summed E-state index contributed by atoms with van der Waals surface area (Å²) in [6.45, 7) is 4.09. The minimum absolute atomic E-state index is 0.151. The van der Waals surface area contributed by atoms with Crippen molar-refractivity contribution in [3.63, 3.8) is 0 Å². The quantitative estimate of drug-likeness (QED) is 0.715. The van der Waals surface area contributed by atoms with Gasteiger partial charge in [0.25, 0.3) is 6.02 Å². The second-order valence-corrected chi connectivity index (χ2v) is 8.31. The fourth-order valence-corrected chi connectivity index (χ4v) is 5.48. The van der Waals surface area contributed by atoms with Gasteiger partial charge in [0.2, 0.25) is 0 Å². The van der Waals surface area contributed by atoms with Crippen LogP contribution in [0.4, 0.5) is 5.82 Å². The molecule has 0 amide bonds. The second kappa shape index (κ2) is 5.40. The zero-order chi connectivity index (χ0) is 16.3. The monoisotopic (exact) mass is 454 g/mol. The number of fused-ring (bicyclic) bond motifs is 3. The zero-order valence-corrected chi connectivity index (χ0v) is 16.0. The van der Waals surface area contributed by atoms with Crippen molar-refractivity contribution in [3.05, 3.63) is 21.5 Å². The summed E-state index contributed by atoms with van der Waals surface area (Å²) in [6.07, 6.45) is 3.93. The molecule has 0 aromatic carbocycles. The van der Waals surface area contributed by atoms with Crippen LogP contribution in [0.5, 0.6) is 0 Å². The molecule has 0 saturated carbocycles. The van der Waals surface area contributed by atoms with Gasteiger partial charge in [-0.15, -0.1) is 0 Å². The summed E-state index contributed by atoms with van der Waals surface area (Å²) in [5.41, 5.74) is 0.702. The van der Waals surface area contributed by atoms with Crippen LogP contribution in [0.1, 0.15) is 12.8 Å². The molecule has 2 aromatic rings. The molecule has 0 radical (unpaired) electrons. The topological polar surface area (TPSA) is 67.0 Å². The van der Waals surface area contributed by atoms with Crippen molar-refractivity contribution in [1.29, 1.82) is 0 Å². The number of hydrogen-bond donors (Lipinski definition) is 1. The Morgan fingerprint density at radius 1 is 1.29 bits per heavy atom. The summed E-state index contributed by atoms with van der Waals surface area (Å²) in [5.74, 6) is 1.28. The fraction of sp³-hybridized carbons (Fsp3) is 0.533. The number of anilines is 1. The molecule has 24 heavy (non-hydrogen) atoms. The third-order valence-corrected chi connectivity index (χ3v) is 6.47. The first-order chi connectivity index (χ1) is 11.6. The van der Waals surface area contributed by atoms with Gasteiger partial charge in [-0.05, 0) is 63.9 Å². The first kappa shape index (κ1) is 15.1. The summed E-state index contributed by atoms with van der Waals surface area (Å²) in [6, 6.07) is 2.51. The van der Waals surface area contributed by atoms with Crippen LogP contribution in [-0.2, 0) is 4.74 Å². The van der Waals surface area contributed by atoms with E-state index in [4.69, 9.17) is 4.74 Å². The van der Waals surface area contributed by atoms with E-state index in [1.165, 1.54) is 32.3 Å². The van der Waals surface area contributed by atoms with Gasteiger partial charge in [-0.3, -0.25) is 10.2 Å². The zero-order valence-electron chi connectivity index (χ0n) is 12.9. The number of halogens is 2. The number of piperidine rings is 3. The lowest BCUT2D eigenvalue weighted by atomic mass is 9.75. The van der Waals surface area contributed by atoms with Crippen LogP contribution in [0, 0.1) is 5.92 Å².